The van der Waals surface area contributed by atoms with E-state index in [2.05, 4.69) is 9.55 Å². The van der Waals surface area contributed by atoms with Crippen LogP contribution in [0.15, 0.2) is 18.5 Å². The van der Waals surface area contributed by atoms with Crippen molar-refractivity contribution in [3.63, 3.8) is 0 Å². The number of imidazole rings is 1. The van der Waals surface area contributed by atoms with E-state index in [0.717, 1.165) is 11.3 Å². The Morgan fingerprint density at radius 1 is 1.33 bits per heavy atom. The summed E-state index contributed by atoms with van der Waals surface area (Å²) in [5.74, 6) is 1.31. The van der Waals surface area contributed by atoms with E-state index in [1.165, 1.54) is 18.4 Å². The van der Waals surface area contributed by atoms with Gasteiger partial charge in [-0.3, -0.25) is 4.98 Å². The molecule has 2 aromatic heterocycles. The van der Waals surface area contributed by atoms with Crippen molar-refractivity contribution in [2.24, 2.45) is 5.73 Å². The molecule has 18 heavy (non-hydrogen) atoms. The highest BCUT2D eigenvalue weighted by atomic mass is 16.5. The first-order valence-electron chi connectivity index (χ1n) is 6.50. The third-order valence-corrected chi connectivity index (χ3v) is 3.89. The average Bonchev–Trinajstić information content (AvgIpc) is 3.01. The molecular weight excluding hydrogens is 228 g/mol. The van der Waals surface area contributed by atoms with Crippen molar-refractivity contribution >= 4 is 11.0 Å². The third kappa shape index (κ3) is 1.47. The maximum absolute atomic E-state index is 6.13. The largest absolute Gasteiger partial charge is 0.379 e. The number of aromatic nitrogens is 3. The van der Waals surface area contributed by atoms with Gasteiger partial charge in [0.1, 0.15) is 11.3 Å². The zero-order valence-electron chi connectivity index (χ0n) is 10.1. The Hall–Kier alpha value is -1.46. The van der Waals surface area contributed by atoms with Gasteiger partial charge in [0.15, 0.2) is 0 Å². The predicted molar refractivity (Wildman–Crippen MR) is 67.3 cm³/mol. The molecule has 2 aliphatic rings. The Morgan fingerprint density at radius 2 is 2.22 bits per heavy atom. The Kier molecular flexibility index (Phi) is 2.19. The first kappa shape index (κ1) is 10.5. The van der Waals surface area contributed by atoms with Gasteiger partial charge in [0.2, 0.25) is 0 Å². The topological polar surface area (TPSA) is 66.0 Å². The first-order chi connectivity index (χ1) is 8.84. The first-order valence-corrected chi connectivity index (χ1v) is 6.50. The van der Waals surface area contributed by atoms with Crippen molar-refractivity contribution in [2.75, 3.05) is 13.2 Å². The maximum Gasteiger partial charge on any atom is 0.117 e. The van der Waals surface area contributed by atoms with E-state index in [9.17, 15) is 0 Å². The smallest absolute Gasteiger partial charge is 0.117 e. The Bertz CT molecular complexity index is 590. The Morgan fingerprint density at radius 3 is 2.94 bits per heavy atom. The second-order valence-corrected chi connectivity index (χ2v) is 5.24. The zero-order valence-corrected chi connectivity index (χ0v) is 10.1. The number of hydrogen-bond donors (Lipinski definition) is 1. The van der Waals surface area contributed by atoms with Crippen LogP contribution in [-0.4, -0.2) is 33.8 Å². The van der Waals surface area contributed by atoms with Crippen LogP contribution in [-0.2, 0) is 4.74 Å². The van der Waals surface area contributed by atoms with E-state index >= 15 is 0 Å². The van der Waals surface area contributed by atoms with E-state index < -0.39 is 0 Å². The summed E-state index contributed by atoms with van der Waals surface area (Å²) in [5.41, 5.74) is 8.28. The second kappa shape index (κ2) is 3.76. The highest BCUT2D eigenvalue weighted by Gasteiger charge is 2.35. The molecule has 2 atom stereocenters. The van der Waals surface area contributed by atoms with Gasteiger partial charge in [-0.15, -0.1) is 0 Å². The molecule has 0 bridgehead atoms. The van der Waals surface area contributed by atoms with Crippen LogP contribution >= 0.6 is 0 Å². The van der Waals surface area contributed by atoms with Crippen LogP contribution in [0.2, 0.25) is 0 Å². The number of fused-ring (bicyclic) bond motifs is 1. The number of nitrogens with zero attached hydrogens (tertiary/aromatic N) is 3. The molecule has 0 radical (unpaired) electrons. The minimum absolute atomic E-state index is 0.0623. The van der Waals surface area contributed by atoms with Gasteiger partial charge < -0.3 is 15.0 Å². The average molecular weight is 244 g/mol. The number of ether oxygens (including phenoxy) is 1. The summed E-state index contributed by atoms with van der Waals surface area (Å²) in [6, 6.07) is 2.71. The summed E-state index contributed by atoms with van der Waals surface area (Å²) < 4.78 is 7.84. The fraction of sp³-hybridized carbons (Fsp3) is 0.538. The van der Waals surface area contributed by atoms with Gasteiger partial charge in [0.05, 0.1) is 30.8 Å². The minimum Gasteiger partial charge on any atom is -0.379 e. The van der Waals surface area contributed by atoms with E-state index in [1.54, 1.807) is 0 Å². The normalized spacial score (nSPS) is 28.1. The second-order valence-electron chi connectivity index (χ2n) is 5.24. The molecular formula is C13H16N4O. The van der Waals surface area contributed by atoms with Crippen LogP contribution in [0.4, 0.5) is 0 Å². The molecule has 2 unspecified atom stereocenters. The lowest BCUT2D eigenvalue weighted by atomic mass is 10.0. The van der Waals surface area contributed by atoms with Crippen LogP contribution in [0.1, 0.15) is 30.6 Å². The highest BCUT2D eigenvalue weighted by molar-refractivity contribution is 5.75. The van der Waals surface area contributed by atoms with Crippen molar-refractivity contribution in [2.45, 2.75) is 30.8 Å². The summed E-state index contributed by atoms with van der Waals surface area (Å²) in [5, 5.41) is 0. The van der Waals surface area contributed by atoms with Gasteiger partial charge in [-0.25, -0.2) is 4.98 Å². The van der Waals surface area contributed by atoms with Gasteiger partial charge in [-0.1, -0.05) is 0 Å². The summed E-state index contributed by atoms with van der Waals surface area (Å²) in [7, 11) is 0. The van der Waals surface area contributed by atoms with E-state index in [0.29, 0.717) is 19.3 Å². The molecule has 2 aromatic rings. The van der Waals surface area contributed by atoms with Crippen LogP contribution in [0.3, 0.4) is 0 Å². The van der Waals surface area contributed by atoms with E-state index in [4.69, 9.17) is 15.5 Å². The standard InChI is InChI=1S/C13H16N4O/c14-10-7-18-6-9(10)13-16-11-5-15-4-3-12(11)17(13)8-1-2-8/h3-5,8-10H,1-2,6-7,14H2. The SMILES string of the molecule is NC1COCC1c1nc2cnccc2n1C1CC1. The summed E-state index contributed by atoms with van der Waals surface area (Å²) >= 11 is 0. The highest BCUT2D eigenvalue weighted by Crippen LogP contribution is 2.41. The predicted octanol–water partition coefficient (Wildman–Crippen LogP) is 1.21. The molecule has 4 rings (SSSR count). The van der Waals surface area contributed by atoms with E-state index in [1.807, 2.05) is 18.5 Å². The molecule has 5 nitrogen and oxygen atoms in total. The van der Waals surface area contributed by atoms with Gasteiger partial charge in [-0.2, -0.15) is 0 Å². The lowest BCUT2D eigenvalue weighted by Crippen LogP contribution is -2.28. The third-order valence-electron chi connectivity index (χ3n) is 3.89. The fourth-order valence-corrected chi connectivity index (χ4v) is 2.78. The Balaban J connectivity index is 1.90. The summed E-state index contributed by atoms with van der Waals surface area (Å²) in [4.78, 5) is 8.90. The number of pyridine rings is 1. The van der Waals surface area contributed by atoms with Gasteiger partial charge >= 0.3 is 0 Å². The van der Waals surface area contributed by atoms with Crippen LogP contribution in [0.25, 0.3) is 11.0 Å². The molecule has 3 heterocycles. The summed E-state index contributed by atoms with van der Waals surface area (Å²) in [6.45, 7) is 1.32. The van der Waals surface area contributed by atoms with Crippen molar-refractivity contribution in [1.29, 1.82) is 0 Å². The number of rotatable bonds is 2. The Labute approximate surface area is 105 Å². The lowest BCUT2D eigenvalue weighted by molar-refractivity contribution is 0.190. The van der Waals surface area contributed by atoms with Crippen molar-refractivity contribution in [1.82, 2.24) is 14.5 Å². The van der Waals surface area contributed by atoms with Gasteiger partial charge in [-0.05, 0) is 18.9 Å². The van der Waals surface area contributed by atoms with Crippen LogP contribution in [0, 0.1) is 0 Å². The molecule has 1 aliphatic carbocycles. The molecule has 0 aromatic carbocycles. The zero-order chi connectivity index (χ0) is 12.1. The van der Waals surface area contributed by atoms with E-state index in [-0.39, 0.29) is 12.0 Å². The molecule has 0 amide bonds. The monoisotopic (exact) mass is 244 g/mol. The summed E-state index contributed by atoms with van der Waals surface area (Å²) in [6.07, 6.45) is 6.14. The minimum atomic E-state index is 0.0623. The molecule has 1 saturated carbocycles. The van der Waals surface area contributed by atoms with Crippen molar-refractivity contribution in [3.05, 3.63) is 24.3 Å². The molecule has 5 heteroatoms. The van der Waals surface area contributed by atoms with Crippen molar-refractivity contribution < 1.29 is 4.74 Å². The molecule has 2 fully saturated rings. The van der Waals surface area contributed by atoms with Crippen molar-refractivity contribution in [3.8, 4) is 0 Å². The fourth-order valence-electron chi connectivity index (χ4n) is 2.78. The molecule has 0 spiro atoms. The maximum atomic E-state index is 6.13. The molecule has 1 aliphatic heterocycles. The molecule has 2 N–H and O–H groups in total. The lowest BCUT2D eigenvalue weighted by Gasteiger charge is -2.15. The number of hydrogen-bond acceptors (Lipinski definition) is 4. The number of nitrogens with two attached hydrogens (primary N) is 1. The quantitative estimate of drug-likeness (QED) is 0.862. The van der Waals surface area contributed by atoms with Crippen LogP contribution in [0.5, 0.6) is 0 Å². The van der Waals surface area contributed by atoms with Gasteiger partial charge in [0.25, 0.3) is 0 Å². The molecule has 1 saturated heterocycles. The van der Waals surface area contributed by atoms with Crippen LogP contribution < -0.4 is 5.73 Å². The molecule has 94 valence electrons. The van der Waals surface area contributed by atoms with Gasteiger partial charge in [0, 0.05) is 18.3 Å².